The van der Waals surface area contributed by atoms with Gasteiger partial charge in [-0.15, -0.1) is 0 Å². The van der Waals surface area contributed by atoms with Gasteiger partial charge in [0.2, 0.25) is 0 Å². The number of hydrogen-bond acceptors (Lipinski definition) is 5. The van der Waals surface area contributed by atoms with Gasteiger partial charge in [0, 0.05) is 13.5 Å². The smallest absolute Gasteiger partial charge is 0.302 e. The van der Waals surface area contributed by atoms with E-state index in [1.54, 1.807) is 0 Å². The van der Waals surface area contributed by atoms with Gasteiger partial charge in [-0.05, 0) is 102 Å². The van der Waals surface area contributed by atoms with E-state index in [0.717, 1.165) is 31.8 Å². The Kier molecular flexibility index (Phi) is 6.40. The van der Waals surface area contributed by atoms with Crippen LogP contribution in [0.1, 0.15) is 71.1 Å². The number of nitrogens with zero attached hydrogens (tertiary/aromatic N) is 1. The summed E-state index contributed by atoms with van der Waals surface area (Å²) >= 11 is 0. The number of nitrogens with one attached hydrogen (secondary N) is 1. The van der Waals surface area contributed by atoms with E-state index in [0.29, 0.717) is 17.6 Å². The van der Waals surface area contributed by atoms with Crippen molar-refractivity contribution in [3.05, 3.63) is 0 Å². The summed E-state index contributed by atoms with van der Waals surface area (Å²) in [5.41, 5.74) is 0.483. The summed E-state index contributed by atoms with van der Waals surface area (Å²) in [6, 6.07) is 0. The number of rotatable bonds is 5. The van der Waals surface area contributed by atoms with Crippen molar-refractivity contribution >= 4 is 5.97 Å². The average molecular weight is 379 g/mol. The molecule has 5 nitrogen and oxygen atoms in total. The maximum absolute atomic E-state index is 11.1. The number of ether oxygens (including phenoxy) is 2. The molecule has 1 N–H and O–H groups in total. The van der Waals surface area contributed by atoms with Crippen LogP contribution in [0.3, 0.4) is 0 Å². The molecule has 5 heteroatoms. The van der Waals surface area contributed by atoms with Crippen LogP contribution in [-0.4, -0.2) is 61.9 Å². The monoisotopic (exact) mass is 378 g/mol. The van der Waals surface area contributed by atoms with Gasteiger partial charge >= 0.3 is 5.97 Å². The molecule has 2 aliphatic heterocycles. The fourth-order valence-electron chi connectivity index (χ4n) is 5.86. The Bertz CT molecular complexity index is 482. The summed E-state index contributed by atoms with van der Waals surface area (Å²) in [5, 5.41) is 3.42. The van der Waals surface area contributed by atoms with Gasteiger partial charge in [-0.25, -0.2) is 0 Å². The summed E-state index contributed by atoms with van der Waals surface area (Å²) < 4.78 is 11.7. The molecule has 27 heavy (non-hydrogen) atoms. The van der Waals surface area contributed by atoms with Crippen LogP contribution in [0.5, 0.6) is 0 Å². The molecule has 0 bridgehead atoms. The van der Waals surface area contributed by atoms with Gasteiger partial charge in [0.05, 0.1) is 12.2 Å². The van der Waals surface area contributed by atoms with E-state index < -0.39 is 0 Å². The van der Waals surface area contributed by atoms with Crippen molar-refractivity contribution in [3.8, 4) is 0 Å². The van der Waals surface area contributed by atoms with E-state index >= 15 is 0 Å². The normalized spacial score (nSPS) is 32.9. The van der Waals surface area contributed by atoms with Crippen molar-refractivity contribution in [1.82, 2.24) is 10.2 Å². The Morgan fingerprint density at radius 1 is 0.963 bits per heavy atom. The summed E-state index contributed by atoms with van der Waals surface area (Å²) in [4.78, 5) is 13.8. The second-order valence-electron chi connectivity index (χ2n) is 9.67. The van der Waals surface area contributed by atoms with Gasteiger partial charge in [0.1, 0.15) is 6.10 Å². The Balaban J connectivity index is 1.11. The molecule has 1 spiro atoms. The largest absolute Gasteiger partial charge is 0.463 e. The topological polar surface area (TPSA) is 50.8 Å². The molecule has 2 heterocycles. The highest BCUT2D eigenvalue weighted by Gasteiger charge is 2.47. The summed E-state index contributed by atoms with van der Waals surface area (Å²) in [5.74, 6) is 0.745. The molecule has 4 aliphatic rings. The predicted molar refractivity (Wildman–Crippen MR) is 106 cm³/mol. The third-order valence-corrected chi connectivity index (χ3v) is 7.55. The highest BCUT2D eigenvalue weighted by Crippen LogP contribution is 2.50. The van der Waals surface area contributed by atoms with E-state index in [1.165, 1.54) is 77.9 Å². The SMILES string of the molecule is CC(=O)OC1CC2(CCN(CC3CCC(OC4CCNCC4)CC3)CC2)C1. The van der Waals surface area contributed by atoms with Crippen LogP contribution in [0, 0.1) is 11.3 Å². The van der Waals surface area contributed by atoms with Crippen LogP contribution in [-0.2, 0) is 14.3 Å². The minimum absolute atomic E-state index is 0.118. The van der Waals surface area contributed by atoms with E-state index in [4.69, 9.17) is 9.47 Å². The third-order valence-electron chi connectivity index (χ3n) is 7.55. The first-order chi connectivity index (χ1) is 13.1. The molecule has 4 rings (SSSR count). The van der Waals surface area contributed by atoms with Gasteiger partial charge in [0.25, 0.3) is 0 Å². The van der Waals surface area contributed by atoms with Crippen molar-refractivity contribution in [3.63, 3.8) is 0 Å². The highest BCUT2D eigenvalue weighted by molar-refractivity contribution is 5.66. The maximum atomic E-state index is 11.1. The number of carbonyl (C=O) groups is 1. The Morgan fingerprint density at radius 3 is 2.22 bits per heavy atom. The number of likely N-dealkylation sites (tertiary alicyclic amines) is 1. The van der Waals surface area contributed by atoms with Crippen LogP contribution in [0.15, 0.2) is 0 Å². The zero-order valence-electron chi connectivity index (χ0n) is 17.1. The molecular formula is C22H38N2O3. The molecule has 2 saturated carbocycles. The van der Waals surface area contributed by atoms with Gasteiger partial charge < -0.3 is 19.7 Å². The third kappa shape index (κ3) is 5.24. The van der Waals surface area contributed by atoms with Crippen molar-refractivity contribution < 1.29 is 14.3 Å². The zero-order valence-corrected chi connectivity index (χ0v) is 17.1. The van der Waals surface area contributed by atoms with Gasteiger partial charge in [-0.3, -0.25) is 4.79 Å². The van der Waals surface area contributed by atoms with Crippen LogP contribution in [0.25, 0.3) is 0 Å². The van der Waals surface area contributed by atoms with Gasteiger partial charge in [-0.2, -0.15) is 0 Å². The molecule has 0 aromatic heterocycles. The molecule has 0 atom stereocenters. The molecule has 0 aromatic carbocycles. The Labute approximate surface area is 164 Å². The number of carbonyl (C=O) groups excluding carboxylic acids is 1. The molecule has 0 aromatic rings. The van der Waals surface area contributed by atoms with Gasteiger partial charge in [-0.1, -0.05) is 0 Å². The first-order valence-corrected chi connectivity index (χ1v) is 11.4. The Hall–Kier alpha value is -0.650. The summed E-state index contributed by atoms with van der Waals surface area (Å²) in [7, 11) is 0. The Morgan fingerprint density at radius 2 is 1.59 bits per heavy atom. The molecule has 2 aliphatic carbocycles. The molecule has 4 fully saturated rings. The van der Waals surface area contributed by atoms with Crippen molar-refractivity contribution in [2.45, 2.75) is 89.4 Å². The van der Waals surface area contributed by atoms with Crippen molar-refractivity contribution in [1.29, 1.82) is 0 Å². The second-order valence-corrected chi connectivity index (χ2v) is 9.67. The fraction of sp³-hybridized carbons (Fsp3) is 0.955. The molecule has 154 valence electrons. The quantitative estimate of drug-likeness (QED) is 0.745. The van der Waals surface area contributed by atoms with Gasteiger partial charge in [0.15, 0.2) is 0 Å². The fourth-order valence-corrected chi connectivity index (χ4v) is 5.86. The lowest BCUT2D eigenvalue weighted by molar-refractivity contribution is -0.162. The maximum Gasteiger partial charge on any atom is 0.302 e. The zero-order chi connectivity index (χ0) is 18.7. The standard InChI is InChI=1S/C22H38N2O3/c1-17(25)26-21-14-22(15-21)8-12-24(13-9-22)16-18-2-4-19(5-3-18)27-20-6-10-23-11-7-20/h18-21,23H,2-16H2,1H3. The van der Waals surface area contributed by atoms with E-state index in [9.17, 15) is 4.79 Å². The lowest BCUT2D eigenvalue weighted by Gasteiger charge is -2.51. The molecular weight excluding hydrogens is 340 g/mol. The number of esters is 1. The van der Waals surface area contributed by atoms with E-state index in [2.05, 4.69) is 10.2 Å². The lowest BCUT2D eigenvalue weighted by atomic mass is 9.61. The molecule has 2 saturated heterocycles. The number of piperidine rings is 2. The van der Waals surface area contributed by atoms with Crippen LogP contribution >= 0.6 is 0 Å². The number of hydrogen-bond donors (Lipinski definition) is 1. The first kappa shape index (κ1) is 19.7. The minimum atomic E-state index is -0.118. The van der Waals surface area contributed by atoms with Crippen LogP contribution < -0.4 is 5.32 Å². The lowest BCUT2D eigenvalue weighted by Crippen LogP contribution is -2.51. The van der Waals surface area contributed by atoms with Crippen LogP contribution in [0.2, 0.25) is 0 Å². The average Bonchev–Trinajstić information content (AvgIpc) is 2.64. The first-order valence-electron chi connectivity index (χ1n) is 11.4. The minimum Gasteiger partial charge on any atom is -0.463 e. The van der Waals surface area contributed by atoms with Crippen molar-refractivity contribution in [2.75, 3.05) is 32.7 Å². The van der Waals surface area contributed by atoms with Crippen LogP contribution in [0.4, 0.5) is 0 Å². The van der Waals surface area contributed by atoms with E-state index in [-0.39, 0.29) is 12.1 Å². The summed E-state index contributed by atoms with van der Waals surface area (Å²) in [6.45, 7) is 7.52. The van der Waals surface area contributed by atoms with Crippen molar-refractivity contribution in [2.24, 2.45) is 11.3 Å². The second kappa shape index (κ2) is 8.79. The predicted octanol–water partition coefficient (Wildman–Crippen LogP) is 3.12. The molecule has 0 unspecified atom stereocenters. The van der Waals surface area contributed by atoms with E-state index in [1.807, 2.05) is 0 Å². The summed E-state index contributed by atoms with van der Waals surface area (Å²) in [6.07, 6.45) is 13.6. The highest BCUT2D eigenvalue weighted by atomic mass is 16.5. The molecule has 0 radical (unpaired) electrons. The molecule has 0 amide bonds.